The number of carbonyl (C=O) groups is 1. The zero-order chi connectivity index (χ0) is 13.2. The summed E-state index contributed by atoms with van der Waals surface area (Å²) in [6.45, 7) is 3.66. The molecule has 0 fully saturated rings. The molecule has 0 aliphatic heterocycles. The topological polar surface area (TPSA) is 56.9 Å². The molecule has 0 bridgehead atoms. The van der Waals surface area contributed by atoms with Crippen molar-refractivity contribution in [2.75, 3.05) is 0 Å². The normalized spacial score (nSPS) is 11.2. The zero-order valence-corrected chi connectivity index (χ0v) is 10.3. The van der Waals surface area contributed by atoms with Crippen LogP contribution in [-0.2, 0) is 5.41 Å². The first-order chi connectivity index (χ1) is 8.51. The van der Waals surface area contributed by atoms with Gasteiger partial charge in [-0.05, 0) is 31.5 Å². The van der Waals surface area contributed by atoms with Gasteiger partial charge in [-0.2, -0.15) is 4.73 Å². The standard InChI is InChI=1S/C14H14N2O2/c1-14(2,12-6-3-7-15-9-12)13(17)11-5-4-8-16(18)10-11/h3-10H,1-2H3. The van der Waals surface area contributed by atoms with Crippen LogP contribution in [0.2, 0.25) is 0 Å². The van der Waals surface area contributed by atoms with Crippen LogP contribution in [-0.4, -0.2) is 10.8 Å². The Labute approximate surface area is 106 Å². The van der Waals surface area contributed by atoms with E-state index in [1.165, 1.54) is 12.4 Å². The van der Waals surface area contributed by atoms with E-state index < -0.39 is 5.41 Å². The van der Waals surface area contributed by atoms with Crippen molar-refractivity contribution in [3.63, 3.8) is 0 Å². The van der Waals surface area contributed by atoms with E-state index in [1.54, 1.807) is 30.6 Å². The third-order valence-electron chi connectivity index (χ3n) is 2.99. The fraction of sp³-hybridized carbons (Fsp3) is 0.214. The van der Waals surface area contributed by atoms with Gasteiger partial charge in [-0.3, -0.25) is 9.78 Å². The molecular weight excluding hydrogens is 228 g/mol. The lowest BCUT2D eigenvalue weighted by Crippen LogP contribution is -2.32. The van der Waals surface area contributed by atoms with E-state index in [0.29, 0.717) is 10.3 Å². The summed E-state index contributed by atoms with van der Waals surface area (Å²) in [7, 11) is 0. The summed E-state index contributed by atoms with van der Waals surface area (Å²) in [6, 6.07) is 6.87. The predicted octanol–water partition coefficient (Wildman–Crippen LogP) is 1.88. The zero-order valence-electron chi connectivity index (χ0n) is 10.3. The summed E-state index contributed by atoms with van der Waals surface area (Å²) in [5, 5.41) is 11.2. The molecular formula is C14H14N2O2. The van der Waals surface area contributed by atoms with Crippen LogP contribution in [0.4, 0.5) is 0 Å². The Morgan fingerprint density at radius 1 is 1.33 bits per heavy atom. The number of ketones is 1. The number of Topliss-reactive ketones (excluding diaryl/α,β-unsaturated/α-hetero) is 1. The van der Waals surface area contributed by atoms with Gasteiger partial charge in [0.15, 0.2) is 18.2 Å². The minimum Gasteiger partial charge on any atom is -0.619 e. The molecule has 2 heterocycles. The largest absolute Gasteiger partial charge is 0.619 e. The molecule has 0 aliphatic carbocycles. The predicted molar refractivity (Wildman–Crippen MR) is 67.0 cm³/mol. The highest BCUT2D eigenvalue weighted by Gasteiger charge is 2.31. The van der Waals surface area contributed by atoms with Gasteiger partial charge in [-0.1, -0.05) is 6.07 Å². The Hall–Kier alpha value is -2.23. The molecule has 4 nitrogen and oxygen atoms in total. The summed E-state index contributed by atoms with van der Waals surface area (Å²) in [4.78, 5) is 16.5. The molecule has 92 valence electrons. The first-order valence-electron chi connectivity index (χ1n) is 5.66. The van der Waals surface area contributed by atoms with Crippen LogP contribution in [0.1, 0.15) is 29.8 Å². The lowest BCUT2D eigenvalue weighted by molar-refractivity contribution is -0.605. The summed E-state index contributed by atoms with van der Waals surface area (Å²) < 4.78 is 0.632. The minimum atomic E-state index is -0.706. The second-order valence-electron chi connectivity index (χ2n) is 4.65. The van der Waals surface area contributed by atoms with E-state index in [4.69, 9.17) is 0 Å². The van der Waals surface area contributed by atoms with Gasteiger partial charge in [0, 0.05) is 18.5 Å². The van der Waals surface area contributed by atoms with Crippen molar-refractivity contribution in [1.29, 1.82) is 0 Å². The van der Waals surface area contributed by atoms with Crippen LogP contribution in [0, 0.1) is 5.21 Å². The van der Waals surface area contributed by atoms with Crippen molar-refractivity contribution in [2.45, 2.75) is 19.3 Å². The van der Waals surface area contributed by atoms with Crippen LogP contribution >= 0.6 is 0 Å². The molecule has 0 radical (unpaired) electrons. The fourth-order valence-electron chi connectivity index (χ4n) is 1.81. The summed E-state index contributed by atoms with van der Waals surface area (Å²) in [5.41, 5.74) is 0.528. The lowest BCUT2D eigenvalue weighted by atomic mass is 9.79. The van der Waals surface area contributed by atoms with E-state index in [2.05, 4.69) is 4.98 Å². The Morgan fingerprint density at radius 3 is 2.72 bits per heavy atom. The highest BCUT2D eigenvalue weighted by molar-refractivity contribution is 6.03. The molecule has 0 aromatic carbocycles. The van der Waals surface area contributed by atoms with E-state index in [-0.39, 0.29) is 5.78 Å². The summed E-state index contributed by atoms with van der Waals surface area (Å²) >= 11 is 0. The molecule has 0 atom stereocenters. The molecule has 2 rings (SSSR count). The van der Waals surface area contributed by atoms with Crippen LogP contribution in [0.5, 0.6) is 0 Å². The van der Waals surface area contributed by atoms with Crippen LogP contribution in [0.3, 0.4) is 0 Å². The second kappa shape index (κ2) is 4.56. The minimum absolute atomic E-state index is 0.0966. The van der Waals surface area contributed by atoms with Crippen molar-refractivity contribution < 1.29 is 9.52 Å². The summed E-state index contributed by atoms with van der Waals surface area (Å²) in [6.07, 6.45) is 5.98. The molecule has 0 saturated heterocycles. The lowest BCUT2D eigenvalue weighted by Gasteiger charge is -2.22. The van der Waals surface area contributed by atoms with Gasteiger partial charge in [0.25, 0.3) is 0 Å². The first-order valence-corrected chi connectivity index (χ1v) is 5.66. The van der Waals surface area contributed by atoms with Crippen LogP contribution in [0.25, 0.3) is 0 Å². The molecule has 0 aliphatic rings. The Morgan fingerprint density at radius 2 is 2.11 bits per heavy atom. The van der Waals surface area contributed by atoms with Crippen molar-refractivity contribution in [2.24, 2.45) is 0 Å². The Kier molecular flexibility index (Phi) is 3.10. The van der Waals surface area contributed by atoms with Crippen LogP contribution < -0.4 is 4.73 Å². The van der Waals surface area contributed by atoms with E-state index in [9.17, 15) is 10.0 Å². The van der Waals surface area contributed by atoms with E-state index in [1.807, 2.05) is 19.9 Å². The third-order valence-corrected chi connectivity index (χ3v) is 2.99. The van der Waals surface area contributed by atoms with Crippen molar-refractivity contribution in [1.82, 2.24) is 4.98 Å². The Bertz CT molecular complexity index is 565. The van der Waals surface area contributed by atoms with Gasteiger partial charge in [-0.15, -0.1) is 0 Å². The SMILES string of the molecule is CC(C)(C(=O)c1ccc[n+]([O-])c1)c1cccnc1. The molecule has 18 heavy (non-hydrogen) atoms. The summed E-state index contributed by atoms with van der Waals surface area (Å²) in [5.74, 6) is -0.0966. The molecule has 0 unspecified atom stereocenters. The quantitative estimate of drug-likeness (QED) is 0.469. The van der Waals surface area contributed by atoms with Crippen molar-refractivity contribution in [3.8, 4) is 0 Å². The smallest absolute Gasteiger partial charge is 0.191 e. The molecule has 2 aromatic heterocycles. The number of rotatable bonds is 3. The van der Waals surface area contributed by atoms with Crippen molar-refractivity contribution >= 4 is 5.78 Å². The monoisotopic (exact) mass is 242 g/mol. The second-order valence-corrected chi connectivity index (χ2v) is 4.65. The fourth-order valence-corrected chi connectivity index (χ4v) is 1.81. The number of pyridine rings is 2. The molecule has 4 heteroatoms. The molecule has 2 aromatic rings. The maximum atomic E-state index is 12.4. The Balaban J connectivity index is 2.39. The van der Waals surface area contributed by atoms with Crippen LogP contribution in [0.15, 0.2) is 49.1 Å². The average molecular weight is 242 g/mol. The number of nitrogens with zero attached hydrogens (tertiary/aromatic N) is 2. The number of carbonyl (C=O) groups excluding carboxylic acids is 1. The van der Waals surface area contributed by atoms with Crippen molar-refractivity contribution in [3.05, 3.63) is 65.4 Å². The maximum absolute atomic E-state index is 12.4. The molecule has 0 saturated carbocycles. The van der Waals surface area contributed by atoms with Gasteiger partial charge in [0.2, 0.25) is 0 Å². The molecule has 0 spiro atoms. The van der Waals surface area contributed by atoms with E-state index >= 15 is 0 Å². The number of hydrogen-bond acceptors (Lipinski definition) is 3. The van der Waals surface area contributed by atoms with Gasteiger partial charge in [0.05, 0.1) is 11.0 Å². The van der Waals surface area contributed by atoms with Gasteiger partial charge in [0.1, 0.15) is 0 Å². The first kappa shape index (κ1) is 12.2. The highest BCUT2D eigenvalue weighted by atomic mass is 16.5. The third kappa shape index (κ3) is 2.22. The van der Waals surface area contributed by atoms with Gasteiger partial charge < -0.3 is 5.21 Å². The van der Waals surface area contributed by atoms with Gasteiger partial charge in [-0.25, -0.2) is 0 Å². The van der Waals surface area contributed by atoms with E-state index in [0.717, 1.165) is 5.56 Å². The number of hydrogen-bond donors (Lipinski definition) is 0. The highest BCUT2D eigenvalue weighted by Crippen LogP contribution is 2.26. The average Bonchev–Trinajstić information content (AvgIpc) is 2.39. The van der Waals surface area contributed by atoms with Gasteiger partial charge >= 0.3 is 0 Å². The maximum Gasteiger partial charge on any atom is 0.191 e. The molecule has 0 amide bonds. The number of aromatic nitrogens is 2. The molecule has 0 N–H and O–H groups in total.